The van der Waals surface area contributed by atoms with Gasteiger partial charge in [-0.3, -0.25) is 9.89 Å². The van der Waals surface area contributed by atoms with E-state index < -0.39 is 6.10 Å². The van der Waals surface area contributed by atoms with Crippen LogP contribution in [0.2, 0.25) is 0 Å². The highest BCUT2D eigenvalue weighted by molar-refractivity contribution is 5.39. The zero-order valence-electron chi connectivity index (χ0n) is 9.57. The molecule has 2 atom stereocenters. The van der Waals surface area contributed by atoms with Crippen LogP contribution in [0.15, 0.2) is 4.79 Å². The van der Waals surface area contributed by atoms with Crippen molar-refractivity contribution in [1.29, 1.82) is 0 Å². The number of rotatable bonds is 1. The van der Waals surface area contributed by atoms with Crippen LogP contribution in [0, 0.1) is 6.92 Å². The summed E-state index contributed by atoms with van der Waals surface area (Å²) < 4.78 is 1.50. The van der Waals surface area contributed by atoms with Gasteiger partial charge in [0.25, 0.3) is 5.56 Å². The monoisotopic (exact) mass is 225 g/mol. The molecule has 0 amide bonds. The number of nitrogens with zero attached hydrogens (tertiary/aromatic N) is 1. The second kappa shape index (κ2) is 4.33. The summed E-state index contributed by atoms with van der Waals surface area (Å²) in [6.45, 7) is 1.77. The third-order valence-electron chi connectivity index (χ3n) is 3.42. The van der Waals surface area contributed by atoms with Crippen molar-refractivity contribution in [1.82, 2.24) is 9.78 Å². The summed E-state index contributed by atoms with van der Waals surface area (Å²) in [6.07, 6.45) is 4.35. The maximum absolute atomic E-state index is 11.8. The van der Waals surface area contributed by atoms with Gasteiger partial charge in [-0.25, -0.2) is 4.68 Å². The summed E-state index contributed by atoms with van der Waals surface area (Å²) in [6, 6.07) is -0.147. The highest BCUT2D eigenvalue weighted by Gasteiger charge is 2.26. The fraction of sp³-hybridized carbons (Fsp3) is 0.727. The molecule has 5 heteroatoms. The number of aliphatic hydroxyl groups is 1. The number of nitrogens with two attached hydrogens (primary N) is 1. The molecule has 2 unspecified atom stereocenters. The Morgan fingerprint density at radius 1 is 1.38 bits per heavy atom. The second-order valence-corrected chi connectivity index (χ2v) is 4.60. The summed E-state index contributed by atoms with van der Waals surface area (Å²) in [5.41, 5.74) is 6.38. The Bertz CT molecular complexity index is 421. The lowest BCUT2D eigenvalue weighted by molar-refractivity contribution is 0.0973. The molecule has 1 aromatic rings. The van der Waals surface area contributed by atoms with E-state index in [1.807, 2.05) is 0 Å². The van der Waals surface area contributed by atoms with Crippen molar-refractivity contribution in [3.63, 3.8) is 0 Å². The standard InChI is InChI=1S/C11H19N3O2/c1-7-10(12)11(16)14(13-7)8-5-3-2-4-6-9(8)15/h8-9,13,15H,2-6,12H2,1H3. The van der Waals surface area contributed by atoms with E-state index in [4.69, 9.17) is 5.73 Å². The van der Waals surface area contributed by atoms with Crippen molar-refractivity contribution in [2.24, 2.45) is 0 Å². The Morgan fingerprint density at radius 2 is 2.06 bits per heavy atom. The maximum atomic E-state index is 11.8. The number of aliphatic hydroxyl groups excluding tert-OH is 1. The van der Waals surface area contributed by atoms with Crippen LogP contribution in [-0.2, 0) is 0 Å². The predicted octanol–water partition coefficient (Wildman–Crippen LogP) is 0.933. The van der Waals surface area contributed by atoms with Crippen LogP contribution in [0.4, 0.5) is 5.69 Å². The molecule has 2 rings (SSSR count). The fourth-order valence-electron chi connectivity index (χ4n) is 2.39. The zero-order chi connectivity index (χ0) is 11.7. The Hall–Kier alpha value is -1.23. The molecule has 0 aromatic carbocycles. The third-order valence-corrected chi connectivity index (χ3v) is 3.42. The van der Waals surface area contributed by atoms with Crippen LogP contribution < -0.4 is 11.3 Å². The van der Waals surface area contributed by atoms with Crippen molar-refractivity contribution in [3.05, 3.63) is 16.0 Å². The first-order chi connectivity index (χ1) is 7.61. The largest absolute Gasteiger partial charge is 0.393 e. The molecule has 1 fully saturated rings. The van der Waals surface area contributed by atoms with E-state index >= 15 is 0 Å². The average molecular weight is 225 g/mol. The number of H-pyrrole nitrogens is 1. The number of nitrogen functional groups attached to an aromatic ring is 1. The lowest BCUT2D eigenvalue weighted by Gasteiger charge is -2.20. The first-order valence-corrected chi connectivity index (χ1v) is 5.86. The minimum absolute atomic E-state index is 0.147. The van der Waals surface area contributed by atoms with Crippen molar-refractivity contribution in [3.8, 4) is 0 Å². The smallest absolute Gasteiger partial charge is 0.290 e. The molecule has 1 aliphatic carbocycles. The average Bonchev–Trinajstić information content (AvgIpc) is 2.47. The lowest BCUT2D eigenvalue weighted by Crippen LogP contribution is -2.31. The van der Waals surface area contributed by atoms with E-state index in [1.165, 1.54) is 4.68 Å². The van der Waals surface area contributed by atoms with Crippen molar-refractivity contribution in [2.75, 3.05) is 5.73 Å². The number of aromatic amines is 1. The molecule has 90 valence electrons. The molecule has 0 saturated heterocycles. The third kappa shape index (κ3) is 1.87. The molecular weight excluding hydrogens is 206 g/mol. The molecule has 0 spiro atoms. The summed E-state index contributed by atoms with van der Waals surface area (Å²) in [4.78, 5) is 11.8. The molecule has 1 aliphatic rings. The van der Waals surface area contributed by atoms with Gasteiger partial charge in [0.05, 0.1) is 17.8 Å². The second-order valence-electron chi connectivity index (χ2n) is 4.60. The Morgan fingerprint density at radius 3 is 2.69 bits per heavy atom. The van der Waals surface area contributed by atoms with Crippen LogP contribution in [0.3, 0.4) is 0 Å². The van der Waals surface area contributed by atoms with Gasteiger partial charge in [-0.1, -0.05) is 19.3 Å². The first-order valence-electron chi connectivity index (χ1n) is 5.86. The normalized spacial score (nSPS) is 26.6. The number of hydrogen-bond donors (Lipinski definition) is 3. The first kappa shape index (κ1) is 11.3. The van der Waals surface area contributed by atoms with Gasteiger partial charge in [-0.15, -0.1) is 0 Å². The molecule has 1 saturated carbocycles. The summed E-state index contributed by atoms with van der Waals surface area (Å²) in [5.74, 6) is 0. The van der Waals surface area contributed by atoms with Gasteiger partial charge >= 0.3 is 0 Å². The molecule has 0 aliphatic heterocycles. The lowest BCUT2D eigenvalue weighted by atomic mass is 10.1. The number of anilines is 1. The van der Waals surface area contributed by atoms with Crippen LogP contribution in [0.25, 0.3) is 0 Å². The molecule has 5 nitrogen and oxygen atoms in total. The van der Waals surface area contributed by atoms with E-state index in [9.17, 15) is 9.90 Å². The van der Waals surface area contributed by atoms with Gasteiger partial charge < -0.3 is 10.8 Å². The van der Waals surface area contributed by atoms with Gasteiger partial charge in [0.1, 0.15) is 5.69 Å². The van der Waals surface area contributed by atoms with Crippen molar-refractivity contribution >= 4 is 5.69 Å². The molecule has 1 heterocycles. The molecule has 4 N–H and O–H groups in total. The van der Waals surface area contributed by atoms with Crippen LogP contribution in [0.1, 0.15) is 43.8 Å². The molecular formula is C11H19N3O2. The number of hydrogen-bond acceptors (Lipinski definition) is 3. The molecule has 16 heavy (non-hydrogen) atoms. The number of aryl methyl sites for hydroxylation is 1. The van der Waals surface area contributed by atoms with E-state index in [2.05, 4.69) is 5.10 Å². The Balaban J connectivity index is 2.34. The van der Waals surface area contributed by atoms with Crippen LogP contribution >= 0.6 is 0 Å². The summed E-state index contributed by atoms with van der Waals surface area (Å²) in [5, 5.41) is 13.0. The SMILES string of the molecule is Cc1[nH]n(C2CCCCCC2O)c(=O)c1N. The van der Waals surface area contributed by atoms with E-state index in [0.29, 0.717) is 5.69 Å². The van der Waals surface area contributed by atoms with Crippen LogP contribution in [-0.4, -0.2) is 21.0 Å². The van der Waals surface area contributed by atoms with E-state index in [1.54, 1.807) is 6.92 Å². The van der Waals surface area contributed by atoms with Gasteiger partial charge in [0.2, 0.25) is 0 Å². The Kier molecular flexibility index (Phi) is 3.05. The van der Waals surface area contributed by atoms with Gasteiger partial charge in [-0.05, 0) is 19.8 Å². The highest BCUT2D eigenvalue weighted by Crippen LogP contribution is 2.26. The van der Waals surface area contributed by atoms with Gasteiger partial charge in [0.15, 0.2) is 0 Å². The highest BCUT2D eigenvalue weighted by atomic mass is 16.3. The minimum atomic E-state index is -0.447. The summed E-state index contributed by atoms with van der Waals surface area (Å²) >= 11 is 0. The molecule has 1 aromatic heterocycles. The van der Waals surface area contributed by atoms with Crippen LogP contribution in [0.5, 0.6) is 0 Å². The number of nitrogens with one attached hydrogen (secondary N) is 1. The zero-order valence-corrected chi connectivity index (χ0v) is 9.57. The molecule has 0 bridgehead atoms. The van der Waals surface area contributed by atoms with Crippen molar-refractivity contribution < 1.29 is 5.11 Å². The van der Waals surface area contributed by atoms with E-state index in [0.717, 1.165) is 32.1 Å². The fourth-order valence-corrected chi connectivity index (χ4v) is 2.39. The maximum Gasteiger partial charge on any atom is 0.290 e. The predicted molar refractivity (Wildman–Crippen MR) is 62.3 cm³/mol. The quantitative estimate of drug-likeness (QED) is 0.622. The number of aromatic nitrogens is 2. The minimum Gasteiger partial charge on any atom is -0.393 e. The van der Waals surface area contributed by atoms with E-state index in [-0.39, 0.29) is 17.3 Å². The molecule has 0 radical (unpaired) electrons. The van der Waals surface area contributed by atoms with Crippen molar-refractivity contribution in [2.45, 2.75) is 51.2 Å². The topological polar surface area (TPSA) is 84.0 Å². The Labute approximate surface area is 94.2 Å². The summed E-state index contributed by atoms with van der Waals surface area (Å²) in [7, 11) is 0. The van der Waals surface area contributed by atoms with Gasteiger partial charge in [0, 0.05) is 0 Å². The van der Waals surface area contributed by atoms with Gasteiger partial charge in [-0.2, -0.15) is 0 Å².